The molecule has 4 N–H and O–H groups in total. The number of carboxylic acid groups (broad SMARTS) is 1. The van der Waals surface area contributed by atoms with Crippen LogP contribution in [0.2, 0.25) is 0 Å². The molecule has 0 amide bonds. The SMILES string of the molecule is COc1ccc2c(c1OC)OC1c3ccc(OC4OC(COC(=O)CC(=O)O)C(O)C(O)C4O)cc3OC(Cc3ccccc3)C21. The molecule has 0 spiro atoms. The molecule has 3 aliphatic rings. The quantitative estimate of drug-likeness (QED) is 0.188. The van der Waals surface area contributed by atoms with E-state index < -0.39 is 61.8 Å². The number of ether oxygens (including phenoxy) is 7. The summed E-state index contributed by atoms with van der Waals surface area (Å²) in [7, 11) is 3.12. The van der Waals surface area contributed by atoms with Crippen LogP contribution in [0.5, 0.6) is 28.7 Å². The van der Waals surface area contributed by atoms with Crippen LogP contribution < -0.4 is 23.7 Å². The summed E-state index contributed by atoms with van der Waals surface area (Å²) in [5.74, 6) is -0.317. The van der Waals surface area contributed by atoms with Crippen LogP contribution in [0.25, 0.3) is 0 Å². The molecule has 3 aromatic rings. The Balaban J connectivity index is 1.26. The minimum absolute atomic E-state index is 0.181. The number of carboxylic acids is 1. The van der Waals surface area contributed by atoms with Crippen molar-refractivity contribution < 1.29 is 63.2 Å². The first-order chi connectivity index (χ1) is 22.2. The Kier molecular flexibility index (Phi) is 8.91. The molecule has 0 saturated carbocycles. The van der Waals surface area contributed by atoms with Crippen molar-refractivity contribution in [3.8, 4) is 28.7 Å². The van der Waals surface area contributed by atoms with Gasteiger partial charge in [0.15, 0.2) is 11.5 Å². The van der Waals surface area contributed by atoms with Crippen LogP contribution in [-0.2, 0) is 25.5 Å². The molecule has 1 fully saturated rings. The van der Waals surface area contributed by atoms with E-state index in [1.165, 1.54) is 0 Å². The normalized spacial score (nSPS) is 27.6. The number of rotatable bonds is 10. The Morgan fingerprint density at radius 1 is 0.848 bits per heavy atom. The number of methoxy groups -OCH3 is 2. The molecule has 13 nitrogen and oxygen atoms in total. The fraction of sp³-hybridized carbons (Fsp3) is 0.394. The topological polar surface area (TPSA) is 180 Å². The van der Waals surface area contributed by atoms with E-state index in [9.17, 15) is 24.9 Å². The predicted octanol–water partition coefficient (Wildman–Crippen LogP) is 2.13. The molecular formula is C33H34O13. The number of aliphatic hydroxyl groups excluding tert-OH is 3. The first kappa shape index (κ1) is 31.4. The van der Waals surface area contributed by atoms with Crippen LogP contribution >= 0.6 is 0 Å². The van der Waals surface area contributed by atoms with E-state index in [4.69, 9.17) is 38.3 Å². The maximum atomic E-state index is 11.7. The van der Waals surface area contributed by atoms with E-state index in [-0.39, 0.29) is 17.8 Å². The van der Waals surface area contributed by atoms with Crippen LogP contribution in [0.1, 0.15) is 35.1 Å². The number of hydrogen-bond donors (Lipinski definition) is 4. The summed E-state index contributed by atoms with van der Waals surface area (Å²) in [6.45, 7) is -0.569. The van der Waals surface area contributed by atoms with Gasteiger partial charge in [0.1, 0.15) is 61.2 Å². The van der Waals surface area contributed by atoms with Crippen molar-refractivity contribution in [1.82, 2.24) is 0 Å². The van der Waals surface area contributed by atoms with Gasteiger partial charge < -0.3 is 53.6 Å². The minimum atomic E-state index is -1.70. The highest BCUT2D eigenvalue weighted by Gasteiger charge is 2.49. The van der Waals surface area contributed by atoms with E-state index in [2.05, 4.69) is 0 Å². The molecule has 0 radical (unpaired) electrons. The molecule has 8 unspecified atom stereocenters. The number of hydrogen-bond acceptors (Lipinski definition) is 12. The van der Waals surface area contributed by atoms with Crippen molar-refractivity contribution in [1.29, 1.82) is 0 Å². The van der Waals surface area contributed by atoms with Gasteiger partial charge in [-0.1, -0.05) is 36.4 Å². The minimum Gasteiger partial charge on any atom is -0.493 e. The maximum Gasteiger partial charge on any atom is 0.317 e. The molecular weight excluding hydrogens is 604 g/mol. The molecule has 0 aromatic heterocycles. The monoisotopic (exact) mass is 638 g/mol. The van der Waals surface area contributed by atoms with E-state index in [0.717, 1.165) is 16.7 Å². The van der Waals surface area contributed by atoms with Crippen molar-refractivity contribution >= 4 is 11.9 Å². The molecule has 3 aromatic carbocycles. The van der Waals surface area contributed by atoms with Gasteiger partial charge in [0.2, 0.25) is 12.0 Å². The van der Waals surface area contributed by atoms with Gasteiger partial charge >= 0.3 is 11.9 Å². The summed E-state index contributed by atoms with van der Waals surface area (Å²) in [5.41, 5.74) is 2.75. The van der Waals surface area contributed by atoms with E-state index in [0.29, 0.717) is 29.4 Å². The number of benzene rings is 3. The first-order valence-corrected chi connectivity index (χ1v) is 14.7. The van der Waals surface area contributed by atoms with Gasteiger partial charge in [-0.25, -0.2) is 0 Å². The Morgan fingerprint density at radius 3 is 2.33 bits per heavy atom. The lowest BCUT2D eigenvalue weighted by Gasteiger charge is -2.40. The van der Waals surface area contributed by atoms with Gasteiger partial charge in [0.05, 0.1) is 20.1 Å². The lowest BCUT2D eigenvalue weighted by atomic mass is 9.81. The third-order valence-electron chi connectivity index (χ3n) is 8.34. The zero-order valence-corrected chi connectivity index (χ0v) is 25.0. The van der Waals surface area contributed by atoms with Gasteiger partial charge in [0.25, 0.3) is 0 Å². The van der Waals surface area contributed by atoms with Crippen molar-refractivity contribution in [2.45, 2.75) is 61.7 Å². The number of carbonyl (C=O) groups is 2. The van der Waals surface area contributed by atoms with E-state index >= 15 is 0 Å². The average molecular weight is 639 g/mol. The molecule has 8 atom stereocenters. The summed E-state index contributed by atoms with van der Waals surface area (Å²) in [6, 6.07) is 18.8. The Morgan fingerprint density at radius 2 is 1.61 bits per heavy atom. The van der Waals surface area contributed by atoms with Gasteiger partial charge in [-0.2, -0.15) is 0 Å². The highest BCUT2D eigenvalue weighted by molar-refractivity contribution is 5.90. The highest BCUT2D eigenvalue weighted by atomic mass is 16.7. The summed E-state index contributed by atoms with van der Waals surface area (Å²) < 4.78 is 40.8. The number of fused-ring (bicyclic) bond motifs is 5. The molecule has 46 heavy (non-hydrogen) atoms. The molecule has 13 heteroatoms. The van der Waals surface area contributed by atoms with E-state index in [1.54, 1.807) is 32.4 Å². The number of esters is 1. The van der Waals surface area contributed by atoms with Crippen LogP contribution in [0, 0.1) is 0 Å². The fourth-order valence-corrected chi connectivity index (χ4v) is 6.13. The second-order valence-corrected chi connectivity index (χ2v) is 11.2. The summed E-state index contributed by atoms with van der Waals surface area (Å²) in [6.07, 6.45) is -8.87. The molecule has 244 valence electrons. The van der Waals surface area contributed by atoms with Crippen LogP contribution in [-0.4, -0.2) is 90.0 Å². The smallest absolute Gasteiger partial charge is 0.317 e. The largest absolute Gasteiger partial charge is 0.493 e. The zero-order valence-electron chi connectivity index (χ0n) is 25.0. The Bertz CT molecular complexity index is 1580. The Labute approximate surface area is 263 Å². The number of aliphatic carboxylic acids is 1. The van der Waals surface area contributed by atoms with E-state index in [1.807, 2.05) is 42.5 Å². The lowest BCUT2D eigenvalue weighted by Crippen LogP contribution is -2.60. The molecule has 6 rings (SSSR count). The molecule has 0 bridgehead atoms. The zero-order chi connectivity index (χ0) is 32.5. The standard InChI is InChI=1S/C33H34O13/c1-40-20-11-10-19-26-22(12-16-6-4-3-5-7-16)44-21-13-17(8-9-18(21)30(26)46-31(19)32(20)41-2)43-33-29(39)28(38)27(37)23(45-33)15-42-25(36)14-24(34)35/h3-11,13,22-23,26-30,33,37-39H,12,14-15H2,1-2H3,(H,34,35). The second-order valence-electron chi connectivity index (χ2n) is 11.2. The Hall–Kier alpha value is -4.56. The van der Waals surface area contributed by atoms with Crippen molar-refractivity contribution in [3.05, 3.63) is 77.4 Å². The maximum absolute atomic E-state index is 11.7. The van der Waals surface area contributed by atoms with Gasteiger partial charge in [-0.3, -0.25) is 9.59 Å². The number of aliphatic hydroxyl groups is 3. The molecule has 1 saturated heterocycles. The highest BCUT2D eigenvalue weighted by Crippen LogP contribution is 2.58. The lowest BCUT2D eigenvalue weighted by molar-refractivity contribution is -0.278. The van der Waals surface area contributed by atoms with Gasteiger partial charge in [0, 0.05) is 23.6 Å². The van der Waals surface area contributed by atoms with Crippen LogP contribution in [0.4, 0.5) is 0 Å². The van der Waals surface area contributed by atoms with Crippen molar-refractivity contribution in [2.75, 3.05) is 20.8 Å². The summed E-state index contributed by atoms with van der Waals surface area (Å²) in [5, 5.41) is 40.2. The molecule has 0 aliphatic carbocycles. The van der Waals surface area contributed by atoms with Crippen LogP contribution in [0.3, 0.4) is 0 Å². The average Bonchev–Trinajstić information content (AvgIpc) is 3.44. The van der Waals surface area contributed by atoms with Gasteiger partial charge in [-0.15, -0.1) is 0 Å². The van der Waals surface area contributed by atoms with Crippen molar-refractivity contribution in [3.63, 3.8) is 0 Å². The van der Waals surface area contributed by atoms with Gasteiger partial charge in [-0.05, 0) is 23.8 Å². The third-order valence-corrected chi connectivity index (χ3v) is 8.34. The van der Waals surface area contributed by atoms with Crippen LogP contribution in [0.15, 0.2) is 60.7 Å². The first-order valence-electron chi connectivity index (χ1n) is 14.7. The second kappa shape index (κ2) is 13.0. The fourth-order valence-electron chi connectivity index (χ4n) is 6.13. The summed E-state index contributed by atoms with van der Waals surface area (Å²) in [4.78, 5) is 22.5. The summed E-state index contributed by atoms with van der Waals surface area (Å²) >= 11 is 0. The predicted molar refractivity (Wildman–Crippen MR) is 157 cm³/mol. The molecule has 3 aliphatic heterocycles. The number of carbonyl (C=O) groups excluding carboxylic acids is 1. The third kappa shape index (κ3) is 6.01. The molecule has 3 heterocycles. The van der Waals surface area contributed by atoms with Crippen molar-refractivity contribution in [2.24, 2.45) is 0 Å².